The summed E-state index contributed by atoms with van der Waals surface area (Å²) in [5.74, 6) is 2.94. The number of rotatable bonds is 1. The first-order chi connectivity index (χ1) is 11.5. The van der Waals surface area contributed by atoms with Gasteiger partial charge in [-0.2, -0.15) is 0 Å². The van der Waals surface area contributed by atoms with E-state index in [0.29, 0.717) is 11.7 Å². The van der Waals surface area contributed by atoms with E-state index in [1.807, 2.05) is 20.8 Å². The molecule has 0 amide bonds. The van der Waals surface area contributed by atoms with Crippen LogP contribution >= 0.6 is 0 Å². The van der Waals surface area contributed by atoms with E-state index in [1.54, 1.807) is 6.07 Å². The number of hydrogen-bond acceptors (Lipinski definition) is 3. The van der Waals surface area contributed by atoms with Crippen LogP contribution in [0.5, 0.6) is 23.0 Å². The van der Waals surface area contributed by atoms with Gasteiger partial charge >= 0.3 is 0 Å². The highest BCUT2D eigenvalue weighted by Gasteiger charge is 2.36. The second-order valence-electron chi connectivity index (χ2n) is 7.39. The zero-order valence-corrected chi connectivity index (χ0v) is 14.5. The molecular formula is C21H24O3. The van der Waals surface area contributed by atoms with Gasteiger partial charge in [-0.05, 0) is 62.8 Å². The van der Waals surface area contributed by atoms with E-state index in [-0.39, 0.29) is 11.7 Å². The van der Waals surface area contributed by atoms with Gasteiger partial charge in [-0.25, -0.2) is 0 Å². The van der Waals surface area contributed by atoms with Crippen molar-refractivity contribution in [3.63, 3.8) is 0 Å². The van der Waals surface area contributed by atoms with Gasteiger partial charge in [0.1, 0.15) is 23.0 Å². The van der Waals surface area contributed by atoms with E-state index in [1.165, 1.54) is 36.8 Å². The van der Waals surface area contributed by atoms with Crippen LogP contribution in [0.25, 0.3) is 0 Å². The van der Waals surface area contributed by atoms with Crippen molar-refractivity contribution in [3.8, 4) is 23.0 Å². The molecule has 4 rings (SSSR count). The summed E-state index contributed by atoms with van der Waals surface area (Å²) in [4.78, 5) is 0. The van der Waals surface area contributed by atoms with E-state index >= 15 is 0 Å². The molecular weight excluding hydrogens is 300 g/mol. The lowest BCUT2D eigenvalue weighted by molar-refractivity contribution is 0.385. The molecule has 3 heteroatoms. The monoisotopic (exact) mass is 324 g/mol. The fraction of sp³-hybridized carbons (Fsp3) is 0.429. The predicted octanol–water partition coefficient (Wildman–Crippen LogP) is 5.45. The van der Waals surface area contributed by atoms with Crippen LogP contribution in [0.1, 0.15) is 59.4 Å². The molecule has 2 N–H and O–H groups in total. The Morgan fingerprint density at radius 2 is 1.58 bits per heavy atom. The van der Waals surface area contributed by atoms with Gasteiger partial charge in [0.2, 0.25) is 0 Å². The SMILES string of the molecule is Cc1cc2c(cc1O)Oc1c(cc(C)c(O)c1C)C2C1CCCC1. The minimum absolute atomic E-state index is 0.261. The molecule has 3 nitrogen and oxygen atoms in total. The summed E-state index contributed by atoms with van der Waals surface area (Å²) >= 11 is 0. The molecule has 1 unspecified atom stereocenters. The molecule has 24 heavy (non-hydrogen) atoms. The van der Waals surface area contributed by atoms with Crippen LogP contribution < -0.4 is 4.74 Å². The van der Waals surface area contributed by atoms with Crippen molar-refractivity contribution in [1.29, 1.82) is 0 Å². The zero-order valence-electron chi connectivity index (χ0n) is 14.5. The molecule has 1 saturated carbocycles. The quantitative estimate of drug-likeness (QED) is 0.733. The van der Waals surface area contributed by atoms with E-state index in [9.17, 15) is 10.2 Å². The number of aromatic hydroxyl groups is 2. The molecule has 1 heterocycles. The number of phenols is 2. The first-order valence-electron chi connectivity index (χ1n) is 8.81. The second-order valence-corrected chi connectivity index (χ2v) is 7.39. The molecule has 1 aliphatic heterocycles. The van der Waals surface area contributed by atoms with Crippen LogP contribution in [0.3, 0.4) is 0 Å². The third-order valence-electron chi connectivity index (χ3n) is 5.79. The van der Waals surface area contributed by atoms with Crippen molar-refractivity contribution < 1.29 is 14.9 Å². The zero-order chi connectivity index (χ0) is 17.0. The van der Waals surface area contributed by atoms with Crippen LogP contribution in [0, 0.1) is 26.7 Å². The summed E-state index contributed by atoms with van der Waals surface area (Å²) in [6.07, 6.45) is 5.00. The number of phenolic OH excluding ortho intramolecular Hbond substituents is 2. The van der Waals surface area contributed by atoms with E-state index in [2.05, 4.69) is 12.1 Å². The molecule has 0 radical (unpaired) electrons. The smallest absolute Gasteiger partial charge is 0.137 e. The first-order valence-corrected chi connectivity index (χ1v) is 8.81. The number of benzene rings is 2. The van der Waals surface area contributed by atoms with Crippen molar-refractivity contribution in [1.82, 2.24) is 0 Å². The molecule has 1 fully saturated rings. The molecule has 0 aromatic heterocycles. The van der Waals surface area contributed by atoms with Gasteiger partial charge in [0.05, 0.1) is 0 Å². The lowest BCUT2D eigenvalue weighted by Crippen LogP contribution is -2.18. The van der Waals surface area contributed by atoms with Gasteiger partial charge < -0.3 is 14.9 Å². The Bertz CT molecular complexity index is 817. The molecule has 0 spiro atoms. The Morgan fingerprint density at radius 1 is 0.917 bits per heavy atom. The maximum Gasteiger partial charge on any atom is 0.137 e. The van der Waals surface area contributed by atoms with Crippen molar-refractivity contribution in [2.75, 3.05) is 0 Å². The molecule has 0 saturated heterocycles. The Hall–Kier alpha value is -2.16. The standard InChI is InChI=1S/C21H24O3/c1-11-8-15-18(10-17(11)22)24-21-13(3)20(23)12(2)9-16(21)19(15)14-6-4-5-7-14/h8-10,14,19,22-23H,4-7H2,1-3H3. The van der Waals surface area contributed by atoms with Crippen LogP contribution in [-0.2, 0) is 0 Å². The summed E-state index contributed by atoms with van der Waals surface area (Å²) in [5, 5.41) is 20.4. The highest BCUT2D eigenvalue weighted by molar-refractivity contribution is 5.63. The van der Waals surface area contributed by atoms with Gasteiger partial charge in [0.15, 0.2) is 0 Å². The summed E-state index contributed by atoms with van der Waals surface area (Å²) in [6, 6.07) is 5.89. The van der Waals surface area contributed by atoms with Crippen LogP contribution in [0.15, 0.2) is 18.2 Å². The number of fused-ring (bicyclic) bond motifs is 2. The molecule has 1 aliphatic carbocycles. The Morgan fingerprint density at radius 3 is 2.29 bits per heavy atom. The highest BCUT2D eigenvalue weighted by Crippen LogP contribution is 2.54. The molecule has 1 atom stereocenters. The Balaban J connectivity index is 1.96. The number of ether oxygens (including phenoxy) is 1. The fourth-order valence-electron chi connectivity index (χ4n) is 4.46. The molecule has 2 aromatic carbocycles. The van der Waals surface area contributed by atoms with Gasteiger partial charge in [0, 0.05) is 28.7 Å². The third kappa shape index (κ3) is 2.18. The topological polar surface area (TPSA) is 49.7 Å². The summed E-state index contributed by atoms with van der Waals surface area (Å²) < 4.78 is 6.15. The van der Waals surface area contributed by atoms with Gasteiger partial charge in [-0.1, -0.05) is 12.8 Å². The van der Waals surface area contributed by atoms with E-state index in [4.69, 9.17) is 4.74 Å². The summed E-state index contributed by atoms with van der Waals surface area (Å²) in [7, 11) is 0. The lowest BCUT2D eigenvalue weighted by Gasteiger charge is -2.34. The number of aryl methyl sites for hydroxylation is 2. The minimum atomic E-state index is 0.261. The first kappa shape index (κ1) is 15.4. The average Bonchev–Trinajstić information content (AvgIpc) is 3.07. The van der Waals surface area contributed by atoms with E-state index < -0.39 is 0 Å². The molecule has 0 bridgehead atoms. The maximum absolute atomic E-state index is 10.3. The third-order valence-corrected chi connectivity index (χ3v) is 5.79. The van der Waals surface area contributed by atoms with Crippen molar-refractivity contribution in [3.05, 3.63) is 46.0 Å². The Kier molecular flexibility index (Phi) is 3.48. The number of hydrogen-bond donors (Lipinski definition) is 2. The largest absolute Gasteiger partial charge is 0.508 e. The van der Waals surface area contributed by atoms with Crippen LogP contribution in [0.2, 0.25) is 0 Å². The summed E-state index contributed by atoms with van der Waals surface area (Å²) in [5.41, 5.74) is 4.94. The van der Waals surface area contributed by atoms with Gasteiger partial charge in [-0.3, -0.25) is 0 Å². The van der Waals surface area contributed by atoms with Crippen molar-refractivity contribution >= 4 is 0 Å². The normalized spacial score (nSPS) is 19.7. The molecule has 126 valence electrons. The highest BCUT2D eigenvalue weighted by atomic mass is 16.5. The van der Waals surface area contributed by atoms with Crippen LogP contribution in [0.4, 0.5) is 0 Å². The minimum Gasteiger partial charge on any atom is -0.508 e. The van der Waals surface area contributed by atoms with Gasteiger partial charge in [0.25, 0.3) is 0 Å². The molecule has 2 aliphatic rings. The maximum atomic E-state index is 10.3. The summed E-state index contributed by atoms with van der Waals surface area (Å²) in [6.45, 7) is 5.79. The van der Waals surface area contributed by atoms with Crippen LogP contribution in [-0.4, -0.2) is 10.2 Å². The van der Waals surface area contributed by atoms with E-state index in [0.717, 1.165) is 28.2 Å². The average molecular weight is 324 g/mol. The van der Waals surface area contributed by atoms with Gasteiger partial charge in [-0.15, -0.1) is 0 Å². The molecule has 2 aromatic rings. The van der Waals surface area contributed by atoms with Crippen molar-refractivity contribution in [2.45, 2.75) is 52.4 Å². The fourth-order valence-corrected chi connectivity index (χ4v) is 4.46. The second kappa shape index (κ2) is 5.44. The van der Waals surface area contributed by atoms with Crippen molar-refractivity contribution in [2.24, 2.45) is 5.92 Å². The Labute approximate surface area is 142 Å². The predicted molar refractivity (Wildman–Crippen MR) is 94.3 cm³/mol. The lowest BCUT2D eigenvalue weighted by atomic mass is 9.76.